The summed E-state index contributed by atoms with van der Waals surface area (Å²) in [7, 11) is 0. The predicted molar refractivity (Wildman–Crippen MR) is 51.6 cm³/mol. The molecule has 0 bridgehead atoms. The third-order valence-electron chi connectivity index (χ3n) is 1.33. The molecule has 0 rings (SSSR count). The molecule has 0 spiro atoms. The van der Waals surface area contributed by atoms with Gasteiger partial charge >= 0.3 is 0 Å². The van der Waals surface area contributed by atoms with Gasteiger partial charge in [0, 0.05) is 6.42 Å². The minimum Gasteiger partial charge on any atom is -0.303 e. The zero-order valence-electron chi connectivity index (χ0n) is 7.25. The Hall–Kier alpha value is -1.29. The molecular formula is C11H14O. The molecule has 0 aromatic rings. The maximum atomic E-state index is 9.93. The number of rotatable bonds is 5. The first kappa shape index (κ1) is 10.7. The first-order chi connectivity index (χ1) is 5.91. The van der Waals surface area contributed by atoms with Crippen LogP contribution in [-0.4, -0.2) is 6.29 Å². The van der Waals surface area contributed by atoms with Crippen LogP contribution in [-0.2, 0) is 4.79 Å². The second-order valence-electron chi connectivity index (χ2n) is 2.35. The fourth-order valence-electron chi connectivity index (χ4n) is 0.739. The summed E-state index contributed by atoms with van der Waals surface area (Å²) < 4.78 is 0. The molecule has 0 heterocycles. The van der Waals surface area contributed by atoms with Crippen LogP contribution >= 0.6 is 0 Å². The van der Waals surface area contributed by atoms with Crippen LogP contribution in [0.15, 0.2) is 24.8 Å². The summed E-state index contributed by atoms with van der Waals surface area (Å²) in [6.07, 6.45) is 10.1. The van der Waals surface area contributed by atoms with Crippen molar-refractivity contribution >= 4 is 6.29 Å². The van der Waals surface area contributed by atoms with Crippen molar-refractivity contribution in [2.24, 2.45) is 0 Å². The highest BCUT2D eigenvalue weighted by molar-refractivity contribution is 5.48. The highest BCUT2D eigenvalue weighted by Gasteiger charge is 1.82. The topological polar surface area (TPSA) is 17.1 Å². The van der Waals surface area contributed by atoms with E-state index in [1.165, 1.54) is 0 Å². The van der Waals surface area contributed by atoms with E-state index in [2.05, 4.69) is 18.4 Å². The maximum Gasteiger partial charge on any atom is 0.119 e. The van der Waals surface area contributed by atoms with Crippen LogP contribution in [0.5, 0.6) is 0 Å². The molecule has 0 aromatic carbocycles. The molecule has 1 nitrogen and oxygen atoms in total. The predicted octanol–water partition coefficient (Wildman–Crippen LogP) is 2.49. The quantitative estimate of drug-likeness (QED) is 0.345. The fraction of sp³-hybridized carbons (Fsp3) is 0.364. The van der Waals surface area contributed by atoms with Crippen LogP contribution in [0.1, 0.15) is 25.7 Å². The van der Waals surface area contributed by atoms with E-state index in [1.54, 1.807) is 6.08 Å². The Morgan fingerprint density at radius 1 is 1.17 bits per heavy atom. The molecule has 0 saturated carbocycles. The van der Waals surface area contributed by atoms with Crippen LogP contribution in [0.3, 0.4) is 0 Å². The van der Waals surface area contributed by atoms with Gasteiger partial charge < -0.3 is 4.79 Å². The van der Waals surface area contributed by atoms with Gasteiger partial charge in [0.25, 0.3) is 0 Å². The molecule has 0 fully saturated rings. The van der Waals surface area contributed by atoms with Crippen LogP contribution in [0.4, 0.5) is 0 Å². The third-order valence-corrected chi connectivity index (χ3v) is 1.33. The van der Waals surface area contributed by atoms with Crippen LogP contribution in [0.2, 0.25) is 0 Å². The zero-order valence-corrected chi connectivity index (χ0v) is 7.25. The monoisotopic (exact) mass is 162 g/mol. The lowest BCUT2D eigenvalue weighted by molar-refractivity contribution is -0.107. The van der Waals surface area contributed by atoms with Gasteiger partial charge in [-0.25, -0.2) is 0 Å². The first-order valence-electron chi connectivity index (χ1n) is 4.12. The second-order valence-corrected chi connectivity index (χ2v) is 2.35. The van der Waals surface area contributed by atoms with E-state index in [9.17, 15) is 4.79 Å². The van der Waals surface area contributed by atoms with E-state index in [0.717, 1.165) is 25.5 Å². The molecule has 0 aliphatic heterocycles. The highest BCUT2D eigenvalue weighted by atomic mass is 16.1. The molecule has 0 aromatic heterocycles. The van der Waals surface area contributed by atoms with Crippen molar-refractivity contribution < 1.29 is 4.79 Å². The molecule has 0 N–H and O–H groups in total. The summed E-state index contributed by atoms with van der Waals surface area (Å²) in [6, 6.07) is 0. The smallest absolute Gasteiger partial charge is 0.119 e. The number of carbonyl (C=O) groups is 1. The van der Waals surface area contributed by atoms with Crippen molar-refractivity contribution in [3.05, 3.63) is 24.8 Å². The van der Waals surface area contributed by atoms with Crippen molar-refractivity contribution in [2.45, 2.75) is 25.7 Å². The Kier molecular flexibility index (Phi) is 8.67. The molecule has 0 aliphatic rings. The first-order valence-corrected chi connectivity index (χ1v) is 4.12. The van der Waals surface area contributed by atoms with E-state index in [4.69, 9.17) is 0 Å². The number of hydrogen-bond donors (Lipinski definition) is 0. The SMILES string of the molecule is C=CC#C/C=C\CCCCC=O. The Bertz CT molecular complexity index is 203. The normalized spacial score (nSPS) is 9.00. The molecule has 0 unspecified atom stereocenters. The van der Waals surface area contributed by atoms with Crippen molar-refractivity contribution in [1.82, 2.24) is 0 Å². The van der Waals surface area contributed by atoms with Gasteiger partial charge in [0.2, 0.25) is 0 Å². The Balaban J connectivity index is 3.24. The molecular weight excluding hydrogens is 148 g/mol. The molecule has 1 heteroatoms. The molecule has 0 radical (unpaired) electrons. The lowest BCUT2D eigenvalue weighted by Gasteiger charge is -1.88. The molecule has 0 atom stereocenters. The van der Waals surface area contributed by atoms with Gasteiger partial charge in [-0.05, 0) is 31.4 Å². The van der Waals surface area contributed by atoms with Crippen LogP contribution in [0.25, 0.3) is 0 Å². The average Bonchev–Trinajstić information content (AvgIpc) is 2.10. The Labute approximate surface area is 74.2 Å². The van der Waals surface area contributed by atoms with E-state index >= 15 is 0 Å². The lowest BCUT2D eigenvalue weighted by Crippen LogP contribution is -1.75. The Morgan fingerprint density at radius 3 is 2.58 bits per heavy atom. The number of aldehydes is 1. The molecule has 0 saturated heterocycles. The number of carbonyl (C=O) groups excluding carboxylic acids is 1. The second kappa shape index (κ2) is 9.71. The molecule has 0 amide bonds. The Morgan fingerprint density at radius 2 is 1.92 bits per heavy atom. The zero-order chi connectivity index (χ0) is 9.07. The van der Waals surface area contributed by atoms with Crippen molar-refractivity contribution in [1.29, 1.82) is 0 Å². The van der Waals surface area contributed by atoms with Gasteiger partial charge in [0.1, 0.15) is 6.29 Å². The third kappa shape index (κ3) is 8.71. The van der Waals surface area contributed by atoms with Gasteiger partial charge in [0.05, 0.1) is 0 Å². The van der Waals surface area contributed by atoms with Gasteiger partial charge in [-0.15, -0.1) is 0 Å². The standard InChI is InChI=1S/C11H14O/c1-2-3-4-5-6-7-8-9-10-11-12/h2,5-6,11H,1,7-10H2/b6-5-. The lowest BCUT2D eigenvalue weighted by atomic mass is 10.2. The summed E-state index contributed by atoms with van der Waals surface area (Å²) >= 11 is 0. The summed E-state index contributed by atoms with van der Waals surface area (Å²) in [5, 5.41) is 0. The van der Waals surface area contributed by atoms with Gasteiger partial charge in [-0.3, -0.25) is 0 Å². The maximum absolute atomic E-state index is 9.93. The summed E-state index contributed by atoms with van der Waals surface area (Å²) in [5.41, 5.74) is 0. The van der Waals surface area contributed by atoms with E-state index in [0.29, 0.717) is 6.42 Å². The minimum atomic E-state index is 0.673. The number of allylic oxidation sites excluding steroid dienone is 3. The van der Waals surface area contributed by atoms with Crippen molar-refractivity contribution in [2.75, 3.05) is 0 Å². The van der Waals surface area contributed by atoms with Crippen LogP contribution < -0.4 is 0 Å². The number of unbranched alkanes of at least 4 members (excludes halogenated alkanes) is 3. The van der Waals surface area contributed by atoms with E-state index in [-0.39, 0.29) is 0 Å². The molecule has 64 valence electrons. The number of hydrogen-bond acceptors (Lipinski definition) is 1. The van der Waals surface area contributed by atoms with Gasteiger partial charge in [0.15, 0.2) is 0 Å². The summed E-state index contributed by atoms with van der Waals surface area (Å²) in [4.78, 5) is 9.93. The summed E-state index contributed by atoms with van der Waals surface area (Å²) in [5.74, 6) is 5.53. The minimum absolute atomic E-state index is 0.673. The molecule has 12 heavy (non-hydrogen) atoms. The highest BCUT2D eigenvalue weighted by Crippen LogP contribution is 1.98. The average molecular weight is 162 g/mol. The van der Waals surface area contributed by atoms with E-state index < -0.39 is 0 Å². The van der Waals surface area contributed by atoms with Crippen LogP contribution in [0, 0.1) is 11.8 Å². The summed E-state index contributed by atoms with van der Waals surface area (Å²) in [6.45, 7) is 3.47. The largest absolute Gasteiger partial charge is 0.303 e. The van der Waals surface area contributed by atoms with E-state index in [1.807, 2.05) is 12.2 Å². The van der Waals surface area contributed by atoms with Crippen molar-refractivity contribution in [3.8, 4) is 11.8 Å². The van der Waals surface area contributed by atoms with Gasteiger partial charge in [-0.2, -0.15) is 0 Å². The fourth-order valence-corrected chi connectivity index (χ4v) is 0.739. The van der Waals surface area contributed by atoms with Gasteiger partial charge in [-0.1, -0.05) is 24.5 Å². The molecule has 0 aliphatic carbocycles. The van der Waals surface area contributed by atoms with Crippen molar-refractivity contribution in [3.63, 3.8) is 0 Å².